The Morgan fingerprint density at radius 2 is 1.81 bits per heavy atom. The van der Waals surface area contributed by atoms with E-state index in [1.807, 2.05) is 0 Å². The number of hydrogen-bond donors (Lipinski definition) is 1. The van der Waals surface area contributed by atoms with Crippen LogP contribution in [0, 0.1) is 0 Å². The topological polar surface area (TPSA) is 21.3 Å². The Morgan fingerprint density at radius 3 is 2.43 bits per heavy atom. The molecule has 0 atom stereocenters. The Hall–Kier alpha value is -0.540. The van der Waals surface area contributed by atoms with Gasteiger partial charge in [0.1, 0.15) is 5.75 Å². The molecule has 0 aliphatic rings. The van der Waals surface area contributed by atoms with Crippen LogP contribution in [0.5, 0.6) is 5.75 Å². The summed E-state index contributed by atoms with van der Waals surface area (Å²) in [4.78, 5) is 0. The highest BCUT2D eigenvalue weighted by molar-refractivity contribution is 9.10. The Morgan fingerprint density at radius 1 is 1.10 bits per heavy atom. The van der Waals surface area contributed by atoms with Crippen LogP contribution in [0.4, 0.5) is 0 Å². The highest BCUT2D eigenvalue weighted by Crippen LogP contribution is 2.26. The quantitative estimate of drug-likeness (QED) is 0.574. The van der Waals surface area contributed by atoms with E-state index in [0.29, 0.717) is 0 Å². The van der Waals surface area contributed by atoms with Gasteiger partial charge in [0.05, 0.1) is 11.1 Å². The summed E-state index contributed by atoms with van der Waals surface area (Å²) in [6.45, 7) is 10.5. The van der Waals surface area contributed by atoms with E-state index < -0.39 is 0 Å². The Balaban J connectivity index is 2.36. The van der Waals surface area contributed by atoms with Crippen LogP contribution in [0.2, 0.25) is 0 Å². The van der Waals surface area contributed by atoms with Gasteiger partial charge >= 0.3 is 0 Å². The van der Waals surface area contributed by atoms with Gasteiger partial charge in [-0.05, 0) is 60.8 Å². The molecule has 1 aromatic carbocycles. The molecule has 0 aliphatic carbocycles. The second-order valence-corrected chi connectivity index (χ2v) is 7.49. The molecule has 0 aliphatic heterocycles. The molecule has 0 bridgehead atoms. The molecule has 0 unspecified atom stereocenters. The first-order valence-electron chi connectivity index (χ1n) is 8.08. The predicted octanol–water partition coefficient (Wildman–Crippen LogP) is 5.69. The number of rotatable bonds is 9. The molecule has 0 fully saturated rings. The molecular formula is C18H30BrNO. The summed E-state index contributed by atoms with van der Waals surface area (Å²) >= 11 is 3.61. The van der Waals surface area contributed by atoms with Gasteiger partial charge in [-0.2, -0.15) is 0 Å². The molecule has 1 N–H and O–H groups in total. The second-order valence-electron chi connectivity index (χ2n) is 6.63. The van der Waals surface area contributed by atoms with E-state index in [0.717, 1.165) is 29.8 Å². The zero-order valence-electron chi connectivity index (χ0n) is 14.0. The number of halogens is 1. The van der Waals surface area contributed by atoms with Crippen LogP contribution in [0.15, 0.2) is 22.7 Å². The van der Waals surface area contributed by atoms with Crippen molar-refractivity contribution < 1.29 is 4.74 Å². The van der Waals surface area contributed by atoms with Crippen molar-refractivity contribution in [3.63, 3.8) is 0 Å². The van der Waals surface area contributed by atoms with Gasteiger partial charge in [0.15, 0.2) is 0 Å². The van der Waals surface area contributed by atoms with Gasteiger partial charge in [-0.25, -0.2) is 0 Å². The van der Waals surface area contributed by atoms with Crippen molar-refractivity contribution in [1.82, 2.24) is 5.32 Å². The third kappa shape index (κ3) is 8.47. The monoisotopic (exact) mass is 355 g/mol. The predicted molar refractivity (Wildman–Crippen MR) is 95.0 cm³/mol. The number of ether oxygens (including phenoxy) is 1. The molecule has 120 valence electrons. The lowest BCUT2D eigenvalue weighted by atomic mass is 10.1. The first kappa shape index (κ1) is 18.5. The zero-order chi connectivity index (χ0) is 15.7. The number of hydrogen-bond acceptors (Lipinski definition) is 2. The fourth-order valence-corrected chi connectivity index (χ4v) is 2.57. The third-order valence-electron chi connectivity index (χ3n) is 3.32. The molecule has 0 saturated carbocycles. The maximum absolute atomic E-state index is 5.85. The van der Waals surface area contributed by atoms with Gasteiger partial charge in [-0.15, -0.1) is 0 Å². The minimum Gasteiger partial charge on any atom is -0.492 e. The molecular weight excluding hydrogens is 326 g/mol. The molecule has 0 heterocycles. The Kier molecular flexibility index (Phi) is 8.35. The van der Waals surface area contributed by atoms with Crippen LogP contribution in [0.25, 0.3) is 0 Å². The summed E-state index contributed by atoms with van der Waals surface area (Å²) in [7, 11) is 0. The summed E-state index contributed by atoms with van der Waals surface area (Å²) in [5, 5.41) is 3.50. The number of benzene rings is 1. The van der Waals surface area contributed by atoms with E-state index in [-0.39, 0.29) is 5.54 Å². The lowest BCUT2D eigenvalue weighted by Crippen LogP contribution is -2.35. The molecule has 21 heavy (non-hydrogen) atoms. The van der Waals surface area contributed by atoms with Crippen molar-refractivity contribution in [2.24, 2.45) is 0 Å². The van der Waals surface area contributed by atoms with E-state index in [9.17, 15) is 0 Å². The summed E-state index contributed by atoms with van der Waals surface area (Å²) in [5.74, 6) is 0.949. The average Bonchev–Trinajstić information content (AvgIpc) is 2.41. The first-order chi connectivity index (χ1) is 9.92. The largest absolute Gasteiger partial charge is 0.492 e. The standard InChI is InChI=1S/C18H30BrNO/c1-5-6-7-8-9-12-21-17-11-10-15(13-16(17)19)14-20-18(2,3)4/h10-11,13,20H,5-9,12,14H2,1-4H3. The number of unbranched alkanes of at least 4 members (excludes halogenated alkanes) is 4. The molecule has 1 aromatic rings. The Labute approximate surface area is 138 Å². The minimum atomic E-state index is 0.139. The molecule has 2 nitrogen and oxygen atoms in total. The third-order valence-corrected chi connectivity index (χ3v) is 3.94. The smallest absolute Gasteiger partial charge is 0.133 e. The number of nitrogens with one attached hydrogen (secondary N) is 1. The lowest BCUT2D eigenvalue weighted by Gasteiger charge is -2.20. The summed E-state index contributed by atoms with van der Waals surface area (Å²) in [6.07, 6.45) is 6.34. The van der Waals surface area contributed by atoms with Crippen LogP contribution >= 0.6 is 15.9 Å². The molecule has 0 radical (unpaired) electrons. The zero-order valence-corrected chi connectivity index (χ0v) is 15.6. The summed E-state index contributed by atoms with van der Waals surface area (Å²) in [6, 6.07) is 6.34. The summed E-state index contributed by atoms with van der Waals surface area (Å²) < 4.78 is 6.90. The SMILES string of the molecule is CCCCCCCOc1ccc(CNC(C)(C)C)cc1Br. The van der Waals surface area contributed by atoms with E-state index in [1.165, 1.54) is 31.2 Å². The maximum Gasteiger partial charge on any atom is 0.133 e. The normalized spacial score (nSPS) is 11.7. The van der Waals surface area contributed by atoms with Crippen LogP contribution in [0.1, 0.15) is 65.4 Å². The van der Waals surface area contributed by atoms with Gasteiger partial charge in [0, 0.05) is 12.1 Å². The Bertz CT molecular complexity index is 412. The molecule has 0 saturated heterocycles. The molecule has 0 aromatic heterocycles. The summed E-state index contributed by atoms with van der Waals surface area (Å²) in [5.41, 5.74) is 1.41. The van der Waals surface area contributed by atoms with Crippen molar-refractivity contribution in [2.75, 3.05) is 6.61 Å². The van der Waals surface area contributed by atoms with Crippen molar-refractivity contribution in [1.29, 1.82) is 0 Å². The lowest BCUT2D eigenvalue weighted by molar-refractivity contribution is 0.302. The van der Waals surface area contributed by atoms with Gasteiger partial charge in [-0.3, -0.25) is 0 Å². The average molecular weight is 356 g/mol. The second kappa shape index (κ2) is 9.47. The molecule has 0 amide bonds. The first-order valence-corrected chi connectivity index (χ1v) is 8.88. The maximum atomic E-state index is 5.85. The van der Waals surface area contributed by atoms with Gasteiger partial charge in [0.25, 0.3) is 0 Å². The van der Waals surface area contributed by atoms with Crippen LogP contribution in [-0.2, 0) is 6.54 Å². The fraction of sp³-hybridized carbons (Fsp3) is 0.667. The fourth-order valence-electron chi connectivity index (χ4n) is 2.03. The van der Waals surface area contributed by atoms with Gasteiger partial charge in [0.2, 0.25) is 0 Å². The van der Waals surface area contributed by atoms with Crippen molar-refractivity contribution >= 4 is 15.9 Å². The van der Waals surface area contributed by atoms with Crippen molar-refractivity contribution in [3.8, 4) is 5.75 Å². The van der Waals surface area contributed by atoms with Crippen LogP contribution in [-0.4, -0.2) is 12.1 Å². The van der Waals surface area contributed by atoms with Crippen molar-refractivity contribution in [3.05, 3.63) is 28.2 Å². The van der Waals surface area contributed by atoms with Crippen LogP contribution < -0.4 is 10.1 Å². The molecule has 0 spiro atoms. The minimum absolute atomic E-state index is 0.139. The van der Waals surface area contributed by atoms with E-state index in [2.05, 4.69) is 67.1 Å². The van der Waals surface area contributed by atoms with Crippen molar-refractivity contribution in [2.45, 2.75) is 71.9 Å². The van der Waals surface area contributed by atoms with E-state index >= 15 is 0 Å². The van der Waals surface area contributed by atoms with Crippen LogP contribution in [0.3, 0.4) is 0 Å². The van der Waals surface area contributed by atoms with E-state index in [4.69, 9.17) is 4.74 Å². The highest BCUT2D eigenvalue weighted by Gasteiger charge is 2.09. The molecule has 3 heteroatoms. The van der Waals surface area contributed by atoms with Gasteiger partial charge < -0.3 is 10.1 Å². The van der Waals surface area contributed by atoms with E-state index in [1.54, 1.807) is 0 Å². The highest BCUT2D eigenvalue weighted by atomic mass is 79.9. The van der Waals surface area contributed by atoms with Gasteiger partial charge in [-0.1, -0.05) is 38.7 Å². The molecule has 1 rings (SSSR count).